The summed E-state index contributed by atoms with van der Waals surface area (Å²) in [5.74, 6) is 1.42. The highest BCUT2D eigenvalue weighted by molar-refractivity contribution is 9.11. The van der Waals surface area contributed by atoms with Gasteiger partial charge in [0.1, 0.15) is 5.75 Å². The number of hydrogen-bond donors (Lipinski definition) is 1. The maximum absolute atomic E-state index is 5.34. The molecular weight excluding hydrogens is 398 g/mol. The fraction of sp³-hybridized carbons (Fsp3) is 0.400. The quantitative estimate of drug-likeness (QED) is 0.768. The van der Waals surface area contributed by atoms with E-state index in [1.807, 2.05) is 29.1 Å². The summed E-state index contributed by atoms with van der Waals surface area (Å²) >= 11 is 7.04. The highest BCUT2D eigenvalue weighted by Gasteiger charge is 2.10. The zero-order valence-electron chi connectivity index (χ0n) is 12.4. The zero-order chi connectivity index (χ0) is 15.4. The molecule has 0 saturated carbocycles. The van der Waals surface area contributed by atoms with Gasteiger partial charge in [0.2, 0.25) is 0 Å². The van der Waals surface area contributed by atoms with Gasteiger partial charge in [-0.05, 0) is 56.5 Å². The fourth-order valence-electron chi connectivity index (χ4n) is 1.93. The summed E-state index contributed by atoms with van der Waals surface area (Å²) in [5.41, 5.74) is 1.97. The van der Waals surface area contributed by atoms with Gasteiger partial charge in [0.15, 0.2) is 0 Å². The summed E-state index contributed by atoms with van der Waals surface area (Å²) in [6.45, 7) is 6.15. The molecule has 0 unspecified atom stereocenters. The standard InChI is InChI=1S/C15H19Br2N3O/c1-10(2)8-18-9-11-4-5-20(19-11)14-7-15(21-3)13(17)6-12(14)16/h4-7,10,18H,8-9H2,1-3H3. The summed E-state index contributed by atoms with van der Waals surface area (Å²) < 4.78 is 9.06. The van der Waals surface area contributed by atoms with Crippen LogP contribution in [0.4, 0.5) is 0 Å². The van der Waals surface area contributed by atoms with Gasteiger partial charge in [-0.2, -0.15) is 5.10 Å². The Bertz CT molecular complexity index is 611. The lowest BCUT2D eigenvalue weighted by Gasteiger charge is -2.09. The fourth-order valence-corrected chi connectivity index (χ4v) is 3.27. The van der Waals surface area contributed by atoms with Gasteiger partial charge in [0.25, 0.3) is 0 Å². The van der Waals surface area contributed by atoms with E-state index in [1.54, 1.807) is 7.11 Å². The Labute approximate surface area is 142 Å². The van der Waals surface area contributed by atoms with E-state index < -0.39 is 0 Å². The number of nitrogens with one attached hydrogen (secondary N) is 1. The average molecular weight is 417 g/mol. The molecule has 0 spiro atoms. The number of benzene rings is 1. The second kappa shape index (κ2) is 7.42. The van der Waals surface area contributed by atoms with Crippen molar-refractivity contribution >= 4 is 31.9 Å². The van der Waals surface area contributed by atoms with Crippen molar-refractivity contribution in [1.29, 1.82) is 0 Å². The number of nitrogens with zero attached hydrogens (tertiary/aromatic N) is 2. The molecule has 1 aromatic carbocycles. The van der Waals surface area contributed by atoms with E-state index in [1.165, 1.54) is 0 Å². The van der Waals surface area contributed by atoms with Gasteiger partial charge < -0.3 is 10.1 Å². The number of halogens is 2. The molecular formula is C15H19Br2N3O. The Morgan fingerprint density at radius 3 is 2.71 bits per heavy atom. The number of methoxy groups -OCH3 is 1. The minimum atomic E-state index is 0.636. The summed E-state index contributed by atoms with van der Waals surface area (Å²) in [6, 6.07) is 5.94. The van der Waals surface area contributed by atoms with Crippen LogP contribution in [-0.2, 0) is 6.54 Å². The molecule has 0 bridgehead atoms. The predicted octanol–water partition coefficient (Wildman–Crippen LogP) is 4.15. The van der Waals surface area contributed by atoms with Crippen LogP contribution in [0.15, 0.2) is 33.3 Å². The first-order chi connectivity index (χ1) is 10.0. The molecule has 0 fully saturated rings. The van der Waals surface area contributed by atoms with E-state index in [2.05, 4.69) is 56.1 Å². The molecule has 114 valence electrons. The highest BCUT2D eigenvalue weighted by Crippen LogP contribution is 2.33. The molecule has 0 aliphatic heterocycles. The molecule has 1 aromatic heterocycles. The molecule has 0 radical (unpaired) electrons. The molecule has 0 atom stereocenters. The van der Waals surface area contributed by atoms with Crippen molar-refractivity contribution in [1.82, 2.24) is 15.1 Å². The van der Waals surface area contributed by atoms with Gasteiger partial charge in [-0.25, -0.2) is 4.68 Å². The van der Waals surface area contributed by atoms with Crippen LogP contribution in [0.2, 0.25) is 0 Å². The van der Waals surface area contributed by atoms with Crippen LogP contribution in [0.25, 0.3) is 5.69 Å². The lowest BCUT2D eigenvalue weighted by atomic mass is 10.2. The van der Waals surface area contributed by atoms with E-state index in [0.717, 1.165) is 39.2 Å². The normalized spacial score (nSPS) is 11.1. The summed E-state index contributed by atoms with van der Waals surface area (Å²) in [4.78, 5) is 0. The number of rotatable bonds is 6. The van der Waals surface area contributed by atoms with Crippen molar-refractivity contribution in [3.8, 4) is 11.4 Å². The van der Waals surface area contributed by atoms with Crippen molar-refractivity contribution in [2.24, 2.45) is 5.92 Å². The van der Waals surface area contributed by atoms with Gasteiger partial charge >= 0.3 is 0 Å². The largest absolute Gasteiger partial charge is 0.495 e. The van der Waals surface area contributed by atoms with Crippen LogP contribution in [0.3, 0.4) is 0 Å². The van der Waals surface area contributed by atoms with Crippen LogP contribution < -0.4 is 10.1 Å². The van der Waals surface area contributed by atoms with Crippen LogP contribution >= 0.6 is 31.9 Å². The molecule has 6 heteroatoms. The Morgan fingerprint density at radius 1 is 1.29 bits per heavy atom. The Hall–Kier alpha value is -0.850. The first kappa shape index (κ1) is 16.5. The van der Waals surface area contributed by atoms with Crippen molar-refractivity contribution in [3.63, 3.8) is 0 Å². The minimum Gasteiger partial charge on any atom is -0.495 e. The number of hydrogen-bond acceptors (Lipinski definition) is 3. The van der Waals surface area contributed by atoms with Gasteiger partial charge in [0, 0.05) is 23.3 Å². The first-order valence-electron chi connectivity index (χ1n) is 6.80. The molecule has 0 aliphatic carbocycles. The SMILES string of the molecule is COc1cc(-n2ccc(CNCC(C)C)n2)c(Br)cc1Br. The second-order valence-corrected chi connectivity index (χ2v) is 6.92. The monoisotopic (exact) mass is 415 g/mol. The minimum absolute atomic E-state index is 0.636. The Kier molecular flexibility index (Phi) is 5.84. The van der Waals surface area contributed by atoms with Crippen LogP contribution in [0.1, 0.15) is 19.5 Å². The van der Waals surface area contributed by atoms with E-state index in [-0.39, 0.29) is 0 Å². The van der Waals surface area contributed by atoms with E-state index in [4.69, 9.17) is 4.74 Å². The first-order valence-corrected chi connectivity index (χ1v) is 8.38. The molecule has 0 saturated heterocycles. The molecule has 1 heterocycles. The van der Waals surface area contributed by atoms with E-state index >= 15 is 0 Å². The third-order valence-electron chi connectivity index (χ3n) is 2.97. The summed E-state index contributed by atoms with van der Waals surface area (Å²) in [5, 5.41) is 7.99. The smallest absolute Gasteiger partial charge is 0.135 e. The molecule has 21 heavy (non-hydrogen) atoms. The summed E-state index contributed by atoms with van der Waals surface area (Å²) in [6.07, 6.45) is 1.96. The molecule has 2 rings (SSSR count). The topological polar surface area (TPSA) is 39.1 Å². The molecule has 2 aromatic rings. The van der Waals surface area contributed by atoms with Crippen molar-refractivity contribution in [2.75, 3.05) is 13.7 Å². The van der Waals surface area contributed by atoms with Gasteiger partial charge in [-0.15, -0.1) is 0 Å². The van der Waals surface area contributed by atoms with Crippen LogP contribution in [0.5, 0.6) is 5.75 Å². The third kappa shape index (κ3) is 4.31. The van der Waals surface area contributed by atoms with E-state index in [9.17, 15) is 0 Å². The second-order valence-electron chi connectivity index (χ2n) is 5.21. The lowest BCUT2D eigenvalue weighted by Crippen LogP contribution is -2.19. The molecule has 4 nitrogen and oxygen atoms in total. The van der Waals surface area contributed by atoms with Crippen LogP contribution in [-0.4, -0.2) is 23.4 Å². The lowest BCUT2D eigenvalue weighted by molar-refractivity contribution is 0.411. The molecule has 0 amide bonds. The maximum atomic E-state index is 5.34. The number of aromatic nitrogens is 2. The summed E-state index contributed by atoms with van der Waals surface area (Å²) in [7, 11) is 1.65. The third-order valence-corrected chi connectivity index (χ3v) is 4.23. The molecule has 0 aliphatic rings. The van der Waals surface area contributed by atoms with E-state index in [0.29, 0.717) is 5.92 Å². The predicted molar refractivity (Wildman–Crippen MR) is 92.1 cm³/mol. The van der Waals surface area contributed by atoms with Crippen molar-refractivity contribution in [2.45, 2.75) is 20.4 Å². The zero-order valence-corrected chi connectivity index (χ0v) is 15.5. The highest BCUT2D eigenvalue weighted by atomic mass is 79.9. The molecule has 1 N–H and O–H groups in total. The van der Waals surface area contributed by atoms with Gasteiger partial charge in [0.05, 0.1) is 23.0 Å². The Morgan fingerprint density at radius 2 is 2.05 bits per heavy atom. The average Bonchev–Trinajstić information content (AvgIpc) is 2.87. The Balaban J connectivity index is 2.17. The van der Waals surface area contributed by atoms with Gasteiger partial charge in [-0.3, -0.25) is 0 Å². The van der Waals surface area contributed by atoms with Crippen LogP contribution in [0, 0.1) is 5.92 Å². The van der Waals surface area contributed by atoms with Crippen molar-refractivity contribution in [3.05, 3.63) is 39.0 Å². The number of ether oxygens (including phenoxy) is 1. The van der Waals surface area contributed by atoms with Crippen molar-refractivity contribution < 1.29 is 4.74 Å². The maximum Gasteiger partial charge on any atom is 0.135 e. The van der Waals surface area contributed by atoms with Gasteiger partial charge in [-0.1, -0.05) is 13.8 Å².